The van der Waals surface area contributed by atoms with Gasteiger partial charge in [-0.05, 0) is 0 Å². The standard InChI is InChI=1S/C27H18O3.3ClH.Ti/c28-23-16-14-18-8-4-6-12-21(18)25(23)26-22-13-7-5-9-19(22)15-17-24(26)30-27(29)20-10-2-1-3-11-20;;;;/h1-17,28H;3*1H;/q;;;;+4/p-4. The van der Waals surface area contributed by atoms with Gasteiger partial charge in [-0.25, -0.2) is 0 Å². The van der Waals surface area contributed by atoms with E-state index < -0.39 is 5.97 Å². The van der Waals surface area contributed by atoms with Crippen LogP contribution in [0.15, 0.2) is 103 Å². The molecule has 0 saturated carbocycles. The number of ether oxygens (including phenoxy) is 1. The molecule has 0 heterocycles. The second kappa shape index (κ2) is 12.3. The van der Waals surface area contributed by atoms with Gasteiger partial charge in [0.25, 0.3) is 0 Å². The second-order valence-corrected chi connectivity index (χ2v) is 7.50. The third-order valence-electron chi connectivity index (χ3n) is 5.35. The maximum atomic E-state index is 12.9. The molecule has 5 rings (SSSR count). The Hall–Kier alpha value is -2.53. The normalized spacial score (nSPS) is 9.94. The molecule has 34 heavy (non-hydrogen) atoms. The molecule has 0 aliphatic heterocycles. The first-order chi connectivity index (χ1) is 15.3. The number of benzene rings is 5. The van der Waals surface area contributed by atoms with Crippen LogP contribution in [0.25, 0.3) is 32.7 Å². The second-order valence-electron chi connectivity index (χ2n) is 7.18. The fourth-order valence-electron chi connectivity index (χ4n) is 3.92. The smallest absolute Gasteiger partial charge is 1.00 e. The Labute approximate surface area is 228 Å². The fourth-order valence-corrected chi connectivity index (χ4v) is 4.19. The van der Waals surface area contributed by atoms with Crippen molar-refractivity contribution in [3.63, 3.8) is 0 Å². The molecule has 0 N–H and O–H groups in total. The molecule has 0 aromatic heterocycles. The molecule has 7 heteroatoms. The Morgan fingerprint density at radius 1 is 0.559 bits per heavy atom. The molecular formula is C27H17Cl3O3Ti. The third kappa shape index (κ3) is 5.25. The molecule has 5 aromatic rings. The zero-order valence-electron chi connectivity index (χ0n) is 17.7. The molecule has 0 bridgehead atoms. The Morgan fingerprint density at radius 2 is 1.03 bits per heavy atom. The Kier molecular flexibility index (Phi) is 9.99. The van der Waals surface area contributed by atoms with Gasteiger partial charge in [-0.1, -0.05) is 0 Å². The van der Waals surface area contributed by atoms with Gasteiger partial charge < -0.3 is 37.2 Å². The summed E-state index contributed by atoms with van der Waals surface area (Å²) in [6.45, 7) is 0. The van der Waals surface area contributed by atoms with Gasteiger partial charge in [0.1, 0.15) is 0 Å². The van der Waals surface area contributed by atoms with Crippen LogP contribution in [0.3, 0.4) is 0 Å². The van der Waals surface area contributed by atoms with Crippen LogP contribution in [0.1, 0.15) is 10.4 Å². The molecule has 0 spiro atoms. The first-order valence-electron chi connectivity index (χ1n) is 9.91. The largest absolute Gasteiger partial charge is 1.00 e. The summed E-state index contributed by atoms with van der Waals surface area (Å²) in [6.07, 6.45) is 0. The van der Waals surface area contributed by atoms with Crippen molar-refractivity contribution < 1.29 is 70.9 Å². The Bertz CT molecular complexity index is 1430. The fraction of sp³-hybridized carbons (Fsp3) is 0. The Morgan fingerprint density at radius 3 is 1.59 bits per heavy atom. The van der Waals surface area contributed by atoms with E-state index in [-0.39, 0.29) is 37.2 Å². The number of hydrogen-bond acceptors (Lipinski definition) is 3. The van der Waals surface area contributed by atoms with Crippen LogP contribution in [0, 0.1) is 0 Å². The summed E-state index contributed by atoms with van der Waals surface area (Å²) < 4.78 is 11.7. The van der Waals surface area contributed by atoms with Crippen molar-refractivity contribution in [1.29, 1.82) is 0 Å². The molecule has 5 aromatic carbocycles. The van der Waals surface area contributed by atoms with Gasteiger partial charge >= 0.3 is 193 Å². The molecule has 168 valence electrons. The molecule has 0 radical (unpaired) electrons. The van der Waals surface area contributed by atoms with Gasteiger partial charge in [-0.3, -0.25) is 0 Å². The van der Waals surface area contributed by atoms with Gasteiger partial charge in [0.15, 0.2) is 0 Å². The van der Waals surface area contributed by atoms with E-state index in [9.17, 15) is 4.79 Å². The average molecular weight is 544 g/mol. The molecular weight excluding hydrogens is 527 g/mol. The van der Waals surface area contributed by atoms with Crippen LogP contribution in [-0.4, -0.2) is 5.97 Å². The summed E-state index contributed by atoms with van der Waals surface area (Å²) >= 11 is 1.66. The Balaban J connectivity index is 0.00000136. The molecule has 0 unspecified atom stereocenters. The summed E-state index contributed by atoms with van der Waals surface area (Å²) in [5.74, 6) is 0.839. The summed E-state index contributed by atoms with van der Waals surface area (Å²) in [6, 6.07) is 33.1. The van der Waals surface area contributed by atoms with Crippen molar-refractivity contribution in [2.75, 3.05) is 0 Å². The van der Waals surface area contributed by atoms with Gasteiger partial charge in [0.2, 0.25) is 0 Å². The van der Waals surface area contributed by atoms with Gasteiger partial charge in [-0.2, -0.15) is 0 Å². The summed E-state index contributed by atoms with van der Waals surface area (Å²) in [5.41, 5.74) is 2.26. The number of esters is 1. The van der Waals surface area contributed by atoms with E-state index in [2.05, 4.69) is 18.2 Å². The number of fused-ring (bicyclic) bond motifs is 2. The summed E-state index contributed by atoms with van der Waals surface area (Å²) in [5, 5.41) is 4.18. The summed E-state index contributed by atoms with van der Waals surface area (Å²) in [7, 11) is 0. The average Bonchev–Trinajstić information content (AvgIpc) is 2.84. The minimum Gasteiger partial charge on any atom is -1.00 e. The monoisotopic (exact) mass is 542 g/mol. The molecule has 0 atom stereocenters. The maximum Gasteiger partial charge on any atom is -1.00 e. The van der Waals surface area contributed by atoms with Crippen molar-refractivity contribution in [2.24, 2.45) is 0 Å². The van der Waals surface area contributed by atoms with Crippen LogP contribution in [0.4, 0.5) is 0 Å². The topological polar surface area (TPSA) is 35.5 Å². The van der Waals surface area contributed by atoms with Gasteiger partial charge in [0, 0.05) is 0 Å². The minimum atomic E-state index is -0.392. The van der Waals surface area contributed by atoms with Crippen LogP contribution < -0.4 is 45.3 Å². The first kappa shape index (κ1) is 27.7. The van der Waals surface area contributed by atoms with Crippen LogP contribution in [0.2, 0.25) is 0 Å². The van der Waals surface area contributed by atoms with Crippen molar-refractivity contribution in [1.82, 2.24) is 0 Å². The van der Waals surface area contributed by atoms with Gasteiger partial charge in [0.05, 0.1) is 0 Å². The molecule has 0 fully saturated rings. The molecule has 0 aliphatic rings. The van der Waals surface area contributed by atoms with Crippen LogP contribution in [-0.2, 0) is 20.8 Å². The van der Waals surface area contributed by atoms with E-state index in [0.717, 1.165) is 38.4 Å². The number of carbonyl (C=O) groups is 1. The maximum absolute atomic E-state index is 12.9. The number of hydrogen-bond donors (Lipinski definition) is 0. The van der Waals surface area contributed by atoms with E-state index >= 15 is 0 Å². The van der Waals surface area contributed by atoms with E-state index in [1.54, 1.807) is 33.0 Å². The van der Waals surface area contributed by atoms with E-state index in [0.29, 0.717) is 11.3 Å². The zero-order valence-corrected chi connectivity index (χ0v) is 21.5. The predicted octanol–water partition coefficient (Wildman–Crippen LogP) is -2.27. The first-order valence-corrected chi connectivity index (χ1v) is 10.5. The van der Waals surface area contributed by atoms with Crippen molar-refractivity contribution in [2.45, 2.75) is 0 Å². The zero-order chi connectivity index (χ0) is 21.2. The molecule has 3 nitrogen and oxygen atoms in total. The van der Waals surface area contributed by atoms with Crippen molar-refractivity contribution >= 4 is 27.5 Å². The van der Waals surface area contributed by atoms with Crippen molar-refractivity contribution in [3.8, 4) is 22.6 Å². The van der Waals surface area contributed by atoms with Crippen LogP contribution >= 0.6 is 0 Å². The van der Waals surface area contributed by atoms with Crippen LogP contribution in [0.5, 0.6) is 11.5 Å². The SMILES string of the molecule is O=C(Oc1ccc2ccccc2c1-c1c([O][Ti+3])ccc2ccccc12)c1ccccc1.[Cl-].[Cl-].[Cl-]. The van der Waals surface area contributed by atoms with Gasteiger partial charge in [-0.15, -0.1) is 0 Å². The van der Waals surface area contributed by atoms with E-state index in [1.807, 2.05) is 72.8 Å². The summed E-state index contributed by atoms with van der Waals surface area (Å²) in [4.78, 5) is 12.9. The molecule has 0 aliphatic carbocycles. The molecule has 0 amide bonds. The number of rotatable bonds is 4. The quantitative estimate of drug-likeness (QED) is 0.146. The third-order valence-corrected chi connectivity index (χ3v) is 5.70. The predicted molar refractivity (Wildman–Crippen MR) is 119 cm³/mol. The van der Waals surface area contributed by atoms with E-state index in [1.165, 1.54) is 0 Å². The van der Waals surface area contributed by atoms with Crippen molar-refractivity contribution in [3.05, 3.63) is 109 Å². The molecule has 0 saturated heterocycles. The minimum absolute atomic E-state index is 0. The number of carbonyl (C=O) groups excluding carboxylic acids is 1. The number of halogens is 3. The van der Waals surface area contributed by atoms with E-state index in [4.69, 9.17) is 8.06 Å².